The summed E-state index contributed by atoms with van der Waals surface area (Å²) in [5, 5.41) is 2.88. The van der Waals surface area contributed by atoms with Crippen molar-refractivity contribution in [1.82, 2.24) is 15.2 Å². The van der Waals surface area contributed by atoms with Crippen LogP contribution in [0.5, 0.6) is 0 Å². The number of carbonyl (C=O) groups is 2. The summed E-state index contributed by atoms with van der Waals surface area (Å²) in [4.78, 5) is 31.6. The molecule has 6 nitrogen and oxygen atoms in total. The number of amides is 2. The zero-order valence-electron chi connectivity index (χ0n) is 14.9. The summed E-state index contributed by atoms with van der Waals surface area (Å²) in [5.41, 5.74) is 0.786. The molecule has 0 saturated carbocycles. The van der Waals surface area contributed by atoms with Gasteiger partial charge in [0.2, 0.25) is 5.91 Å². The van der Waals surface area contributed by atoms with Gasteiger partial charge in [0, 0.05) is 11.9 Å². The highest BCUT2D eigenvalue weighted by Crippen LogP contribution is 2.34. The van der Waals surface area contributed by atoms with Crippen LogP contribution in [0.15, 0.2) is 47.2 Å². The molecule has 26 heavy (non-hydrogen) atoms. The molecule has 1 saturated heterocycles. The Balaban J connectivity index is 1.73. The molecule has 138 valence electrons. The lowest BCUT2D eigenvalue weighted by Crippen LogP contribution is -2.49. The molecule has 3 rings (SSSR count). The third-order valence-corrected chi connectivity index (χ3v) is 5.52. The molecule has 0 aliphatic carbocycles. The number of rotatable bonds is 6. The Kier molecular flexibility index (Phi) is 5.98. The third-order valence-electron chi connectivity index (χ3n) is 4.20. The van der Waals surface area contributed by atoms with E-state index in [1.165, 1.54) is 6.26 Å². The van der Waals surface area contributed by atoms with E-state index < -0.39 is 6.04 Å². The fourth-order valence-corrected chi connectivity index (χ4v) is 4.59. The minimum atomic E-state index is -0.509. The van der Waals surface area contributed by atoms with Crippen LogP contribution in [0.25, 0.3) is 0 Å². The summed E-state index contributed by atoms with van der Waals surface area (Å²) in [6.07, 6.45) is 4.00. The molecule has 0 aromatic carbocycles. The molecule has 2 amide bonds. The second-order valence-electron chi connectivity index (χ2n) is 6.66. The van der Waals surface area contributed by atoms with E-state index in [1.807, 2.05) is 18.2 Å². The maximum atomic E-state index is 12.9. The van der Waals surface area contributed by atoms with Crippen LogP contribution < -0.4 is 5.32 Å². The first-order chi connectivity index (χ1) is 12.6. The molecule has 2 aromatic rings. The standard InChI is InChI=1S/C19H23N3O3S/c1-13(2)10-17-22(19(24)16-7-5-9-25-16)15(12-26-17)18(23)21-11-14-6-3-4-8-20-14/h3-9,13,15,17H,10-12H2,1-2H3,(H,21,23). The highest BCUT2D eigenvalue weighted by Gasteiger charge is 2.42. The van der Waals surface area contributed by atoms with Gasteiger partial charge >= 0.3 is 0 Å². The number of furan rings is 1. The van der Waals surface area contributed by atoms with Crippen molar-refractivity contribution in [2.24, 2.45) is 5.92 Å². The SMILES string of the molecule is CC(C)CC1SCC(C(=O)NCc2ccccn2)N1C(=O)c1ccco1. The van der Waals surface area contributed by atoms with Gasteiger partial charge in [-0.1, -0.05) is 19.9 Å². The van der Waals surface area contributed by atoms with Crippen molar-refractivity contribution < 1.29 is 14.0 Å². The van der Waals surface area contributed by atoms with E-state index in [9.17, 15) is 9.59 Å². The molecule has 7 heteroatoms. The Hall–Kier alpha value is -2.28. The van der Waals surface area contributed by atoms with Gasteiger partial charge in [0.15, 0.2) is 5.76 Å². The van der Waals surface area contributed by atoms with Crippen molar-refractivity contribution in [3.8, 4) is 0 Å². The minimum Gasteiger partial charge on any atom is -0.459 e. The van der Waals surface area contributed by atoms with Crippen LogP contribution in [0.1, 0.15) is 36.5 Å². The summed E-state index contributed by atoms with van der Waals surface area (Å²) in [7, 11) is 0. The van der Waals surface area contributed by atoms with E-state index in [1.54, 1.807) is 35.0 Å². The fraction of sp³-hybridized carbons (Fsp3) is 0.421. The Labute approximate surface area is 157 Å². The second kappa shape index (κ2) is 8.40. The van der Waals surface area contributed by atoms with E-state index in [4.69, 9.17) is 4.42 Å². The lowest BCUT2D eigenvalue weighted by atomic mass is 10.1. The van der Waals surface area contributed by atoms with Crippen molar-refractivity contribution in [1.29, 1.82) is 0 Å². The Morgan fingerprint density at radius 3 is 2.85 bits per heavy atom. The molecule has 0 bridgehead atoms. The number of nitrogens with zero attached hydrogens (tertiary/aromatic N) is 2. The molecule has 2 atom stereocenters. The number of thioether (sulfide) groups is 1. The molecule has 1 aliphatic heterocycles. The first-order valence-corrected chi connectivity index (χ1v) is 9.76. The summed E-state index contributed by atoms with van der Waals surface area (Å²) in [5.74, 6) is 0.884. The van der Waals surface area contributed by atoms with Crippen LogP contribution in [-0.4, -0.2) is 38.9 Å². The van der Waals surface area contributed by atoms with Crippen molar-refractivity contribution in [3.05, 3.63) is 54.2 Å². The number of hydrogen-bond acceptors (Lipinski definition) is 5. The largest absolute Gasteiger partial charge is 0.459 e. The average molecular weight is 373 g/mol. The summed E-state index contributed by atoms with van der Waals surface area (Å²) in [6, 6.07) is 8.39. The number of pyridine rings is 1. The van der Waals surface area contributed by atoms with Crippen molar-refractivity contribution in [3.63, 3.8) is 0 Å². The maximum absolute atomic E-state index is 12.9. The molecule has 1 N–H and O–H groups in total. The molecule has 3 heterocycles. The Bertz CT molecular complexity index is 734. The topological polar surface area (TPSA) is 75.4 Å². The molecule has 0 spiro atoms. The second-order valence-corrected chi connectivity index (χ2v) is 7.87. The third kappa shape index (κ3) is 4.27. The Morgan fingerprint density at radius 2 is 2.19 bits per heavy atom. The van der Waals surface area contributed by atoms with Crippen LogP contribution in [0, 0.1) is 5.92 Å². The minimum absolute atomic E-state index is 0.0294. The van der Waals surface area contributed by atoms with Crippen LogP contribution in [0.2, 0.25) is 0 Å². The van der Waals surface area contributed by atoms with E-state index in [2.05, 4.69) is 24.1 Å². The van der Waals surface area contributed by atoms with Gasteiger partial charge in [-0.05, 0) is 36.6 Å². The first-order valence-electron chi connectivity index (χ1n) is 8.71. The summed E-state index contributed by atoms with van der Waals surface area (Å²) >= 11 is 1.65. The normalized spacial score (nSPS) is 19.7. The maximum Gasteiger partial charge on any atom is 0.291 e. The molecule has 1 aliphatic rings. The number of hydrogen-bond donors (Lipinski definition) is 1. The average Bonchev–Trinajstić information content (AvgIpc) is 3.29. The predicted molar refractivity (Wildman–Crippen MR) is 100 cm³/mol. The van der Waals surface area contributed by atoms with Crippen LogP contribution in [0.3, 0.4) is 0 Å². The monoisotopic (exact) mass is 373 g/mol. The van der Waals surface area contributed by atoms with E-state index >= 15 is 0 Å². The first kappa shape index (κ1) is 18.5. The van der Waals surface area contributed by atoms with Gasteiger partial charge in [0.25, 0.3) is 5.91 Å². The van der Waals surface area contributed by atoms with E-state index in [0.717, 1.165) is 12.1 Å². The molecular formula is C19H23N3O3S. The van der Waals surface area contributed by atoms with Gasteiger partial charge in [-0.15, -0.1) is 11.8 Å². The van der Waals surface area contributed by atoms with Crippen LogP contribution in [-0.2, 0) is 11.3 Å². The quantitative estimate of drug-likeness (QED) is 0.843. The zero-order chi connectivity index (χ0) is 18.5. The van der Waals surface area contributed by atoms with Gasteiger partial charge in [-0.2, -0.15) is 0 Å². The number of aromatic nitrogens is 1. The van der Waals surface area contributed by atoms with E-state index in [-0.39, 0.29) is 22.9 Å². The lowest BCUT2D eigenvalue weighted by molar-refractivity contribution is -0.125. The Morgan fingerprint density at radius 1 is 1.35 bits per heavy atom. The summed E-state index contributed by atoms with van der Waals surface area (Å²) in [6.45, 7) is 4.58. The van der Waals surface area contributed by atoms with E-state index in [0.29, 0.717) is 18.2 Å². The molecule has 0 radical (unpaired) electrons. The zero-order valence-corrected chi connectivity index (χ0v) is 15.7. The van der Waals surface area contributed by atoms with Crippen molar-refractivity contribution >= 4 is 23.6 Å². The van der Waals surface area contributed by atoms with Crippen molar-refractivity contribution in [2.45, 2.75) is 38.2 Å². The van der Waals surface area contributed by atoms with Crippen LogP contribution in [0.4, 0.5) is 0 Å². The number of nitrogens with one attached hydrogen (secondary N) is 1. The predicted octanol–water partition coefficient (Wildman–Crippen LogP) is 2.92. The smallest absolute Gasteiger partial charge is 0.291 e. The van der Waals surface area contributed by atoms with Crippen LogP contribution >= 0.6 is 11.8 Å². The van der Waals surface area contributed by atoms with Gasteiger partial charge < -0.3 is 14.6 Å². The fourth-order valence-electron chi connectivity index (χ4n) is 2.95. The summed E-state index contributed by atoms with van der Waals surface area (Å²) < 4.78 is 5.28. The highest BCUT2D eigenvalue weighted by atomic mass is 32.2. The molecular weight excluding hydrogens is 350 g/mol. The highest BCUT2D eigenvalue weighted by molar-refractivity contribution is 8.00. The van der Waals surface area contributed by atoms with Gasteiger partial charge in [0.05, 0.1) is 23.9 Å². The van der Waals surface area contributed by atoms with Gasteiger partial charge in [-0.3, -0.25) is 14.6 Å². The number of carbonyl (C=O) groups excluding carboxylic acids is 2. The molecule has 2 aromatic heterocycles. The lowest BCUT2D eigenvalue weighted by Gasteiger charge is -2.29. The van der Waals surface area contributed by atoms with Crippen molar-refractivity contribution in [2.75, 3.05) is 5.75 Å². The van der Waals surface area contributed by atoms with Gasteiger partial charge in [-0.25, -0.2) is 0 Å². The van der Waals surface area contributed by atoms with Gasteiger partial charge in [0.1, 0.15) is 6.04 Å². The molecule has 2 unspecified atom stereocenters. The molecule has 1 fully saturated rings.